The van der Waals surface area contributed by atoms with E-state index in [0.717, 1.165) is 0 Å². The Hall–Kier alpha value is -1.59. The molecule has 0 aliphatic rings. The third kappa shape index (κ3) is 2.63. The molecule has 1 aromatic carbocycles. The van der Waals surface area contributed by atoms with Crippen LogP contribution in [0, 0.1) is 0 Å². The predicted molar refractivity (Wildman–Crippen MR) is 68.7 cm³/mol. The third-order valence-corrected chi connectivity index (χ3v) is 3.01. The molecule has 18 heavy (non-hydrogen) atoms. The van der Waals surface area contributed by atoms with E-state index in [2.05, 4.69) is 20.5 Å². The van der Waals surface area contributed by atoms with Gasteiger partial charge in [-0.25, -0.2) is 4.98 Å². The molecule has 2 rings (SSSR count). The Morgan fingerprint density at radius 3 is 2.61 bits per heavy atom. The van der Waals surface area contributed by atoms with Crippen molar-refractivity contribution in [3.8, 4) is 0 Å². The lowest BCUT2D eigenvalue weighted by molar-refractivity contribution is 0.0938. The Kier molecular flexibility index (Phi) is 3.84. The van der Waals surface area contributed by atoms with E-state index in [-0.39, 0.29) is 17.5 Å². The zero-order valence-corrected chi connectivity index (χ0v) is 11.0. The molecule has 5 nitrogen and oxygen atoms in total. The number of nitrogens with one attached hydrogen (secondary N) is 2. The number of carbonyl (C=O) groups excluding carboxylic acids is 1. The SMILES string of the molecule is CC(NC(=O)c1c(Cl)cccc1Cl)c1ncn[nH]1. The Bertz CT molecular complexity index is 536. The van der Waals surface area contributed by atoms with Crippen LogP contribution >= 0.6 is 23.2 Å². The normalized spacial score (nSPS) is 12.2. The van der Waals surface area contributed by atoms with E-state index >= 15 is 0 Å². The fraction of sp³-hybridized carbons (Fsp3) is 0.182. The molecule has 0 aliphatic carbocycles. The van der Waals surface area contributed by atoms with E-state index in [9.17, 15) is 4.79 Å². The van der Waals surface area contributed by atoms with Crippen LogP contribution < -0.4 is 5.32 Å². The number of aromatic amines is 1. The van der Waals surface area contributed by atoms with Gasteiger partial charge in [0.1, 0.15) is 12.2 Å². The molecule has 0 saturated carbocycles. The number of aromatic nitrogens is 3. The highest BCUT2D eigenvalue weighted by atomic mass is 35.5. The first-order chi connectivity index (χ1) is 8.59. The molecule has 0 bridgehead atoms. The van der Waals surface area contributed by atoms with Crippen molar-refractivity contribution in [2.75, 3.05) is 0 Å². The maximum atomic E-state index is 12.0. The third-order valence-electron chi connectivity index (χ3n) is 2.38. The average molecular weight is 285 g/mol. The molecule has 0 fully saturated rings. The van der Waals surface area contributed by atoms with Crippen molar-refractivity contribution < 1.29 is 4.79 Å². The van der Waals surface area contributed by atoms with Crippen molar-refractivity contribution in [2.45, 2.75) is 13.0 Å². The molecule has 0 spiro atoms. The van der Waals surface area contributed by atoms with Crippen molar-refractivity contribution in [3.05, 3.63) is 46.0 Å². The lowest BCUT2D eigenvalue weighted by Gasteiger charge is -2.12. The number of amides is 1. The van der Waals surface area contributed by atoms with Crippen molar-refractivity contribution in [1.82, 2.24) is 20.5 Å². The molecule has 1 amide bonds. The molecular formula is C11H10Cl2N4O. The van der Waals surface area contributed by atoms with Crippen LogP contribution in [0.3, 0.4) is 0 Å². The van der Waals surface area contributed by atoms with E-state index in [4.69, 9.17) is 23.2 Å². The number of hydrogen-bond acceptors (Lipinski definition) is 3. The van der Waals surface area contributed by atoms with E-state index in [1.807, 2.05) is 0 Å². The summed E-state index contributed by atoms with van der Waals surface area (Å²) in [5.41, 5.74) is 0.257. The fourth-order valence-corrected chi connectivity index (χ4v) is 2.04. The molecule has 7 heteroatoms. The Labute approximate surface area is 114 Å². The first kappa shape index (κ1) is 12.9. The van der Waals surface area contributed by atoms with Gasteiger partial charge in [0, 0.05) is 0 Å². The van der Waals surface area contributed by atoms with Gasteiger partial charge in [-0.3, -0.25) is 9.89 Å². The summed E-state index contributed by atoms with van der Waals surface area (Å²) in [4.78, 5) is 16.0. The number of carbonyl (C=O) groups is 1. The molecule has 94 valence electrons. The molecule has 2 aromatic rings. The molecule has 1 heterocycles. The smallest absolute Gasteiger partial charge is 0.254 e. The lowest BCUT2D eigenvalue weighted by atomic mass is 10.2. The maximum absolute atomic E-state index is 12.0. The summed E-state index contributed by atoms with van der Waals surface area (Å²) in [5.74, 6) is 0.209. The quantitative estimate of drug-likeness (QED) is 0.910. The Morgan fingerprint density at radius 1 is 1.39 bits per heavy atom. The topological polar surface area (TPSA) is 70.7 Å². The van der Waals surface area contributed by atoms with Gasteiger partial charge in [0.2, 0.25) is 0 Å². The van der Waals surface area contributed by atoms with Crippen LogP contribution in [0.25, 0.3) is 0 Å². The van der Waals surface area contributed by atoms with E-state index < -0.39 is 0 Å². The Balaban J connectivity index is 2.18. The lowest BCUT2D eigenvalue weighted by Crippen LogP contribution is -2.27. The van der Waals surface area contributed by atoms with Gasteiger partial charge < -0.3 is 5.32 Å². The van der Waals surface area contributed by atoms with Gasteiger partial charge in [-0.2, -0.15) is 5.10 Å². The van der Waals surface area contributed by atoms with Gasteiger partial charge in [0.15, 0.2) is 0 Å². The summed E-state index contributed by atoms with van der Waals surface area (Å²) >= 11 is 11.9. The first-order valence-electron chi connectivity index (χ1n) is 5.19. The number of H-pyrrole nitrogens is 1. The summed E-state index contributed by atoms with van der Waals surface area (Å²) < 4.78 is 0. The monoisotopic (exact) mass is 284 g/mol. The van der Waals surface area contributed by atoms with Crippen LogP contribution in [0.1, 0.15) is 29.1 Å². The number of benzene rings is 1. The van der Waals surface area contributed by atoms with Crippen molar-refractivity contribution in [1.29, 1.82) is 0 Å². The van der Waals surface area contributed by atoms with E-state index in [1.165, 1.54) is 6.33 Å². The van der Waals surface area contributed by atoms with Gasteiger partial charge >= 0.3 is 0 Å². The van der Waals surface area contributed by atoms with Gasteiger partial charge in [0.05, 0.1) is 21.7 Å². The highest BCUT2D eigenvalue weighted by Gasteiger charge is 2.18. The summed E-state index contributed by atoms with van der Waals surface area (Å²) in [6, 6.07) is 4.59. The average Bonchev–Trinajstić information content (AvgIpc) is 2.81. The van der Waals surface area contributed by atoms with E-state index in [0.29, 0.717) is 15.9 Å². The van der Waals surface area contributed by atoms with Crippen LogP contribution in [0.5, 0.6) is 0 Å². The highest BCUT2D eigenvalue weighted by molar-refractivity contribution is 6.39. The van der Waals surface area contributed by atoms with Crippen molar-refractivity contribution >= 4 is 29.1 Å². The van der Waals surface area contributed by atoms with Crippen LogP contribution in [-0.4, -0.2) is 21.1 Å². The molecule has 1 atom stereocenters. The molecule has 1 unspecified atom stereocenters. The van der Waals surface area contributed by atoms with Crippen LogP contribution in [0.15, 0.2) is 24.5 Å². The largest absolute Gasteiger partial charge is 0.342 e. The summed E-state index contributed by atoms with van der Waals surface area (Å²) in [6.07, 6.45) is 1.38. The van der Waals surface area contributed by atoms with Gasteiger partial charge in [0.25, 0.3) is 5.91 Å². The summed E-state index contributed by atoms with van der Waals surface area (Å²) in [5, 5.41) is 9.76. The number of rotatable bonds is 3. The maximum Gasteiger partial charge on any atom is 0.254 e. The summed E-state index contributed by atoms with van der Waals surface area (Å²) in [6.45, 7) is 1.78. The van der Waals surface area contributed by atoms with Gasteiger partial charge in [-0.05, 0) is 19.1 Å². The van der Waals surface area contributed by atoms with Crippen molar-refractivity contribution in [2.24, 2.45) is 0 Å². The number of nitrogens with zero attached hydrogens (tertiary/aromatic N) is 2. The molecule has 0 aliphatic heterocycles. The molecule has 0 saturated heterocycles. The van der Waals surface area contributed by atoms with Crippen LogP contribution in [0.2, 0.25) is 10.0 Å². The molecule has 1 aromatic heterocycles. The second-order valence-corrected chi connectivity index (χ2v) is 4.48. The zero-order chi connectivity index (χ0) is 13.1. The second-order valence-electron chi connectivity index (χ2n) is 3.66. The molecule has 2 N–H and O–H groups in total. The standard InChI is InChI=1S/C11H10Cl2N4O/c1-6(10-14-5-15-17-10)16-11(18)9-7(12)3-2-4-8(9)13/h2-6H,1H3,(H,16,18)(H,14,15,17). The number of halogens is 2. The zero-order valence-electron chi connectivity index (χ0n) is 9.45. The predicted octanol–water partition coefficient (Wildman–Crippen LogP) is 2.60. The van der Waals surface area contributed by atoms with Gasteiger partial charge in [-0.1, -0.05) is 29.3 Å². The number of hydrogen-bond donors (Lipinski definition) is 2. The Morgan fingerprint density at radius 2 is 2.06 bits per heavy atom. The minimum absolute atomic E-state index is 0.257. The fourth-order valence-electron chi connectivity index (χ4n) is 1.48. The van der Waals surface area contributed by atoms with E-state index in [1.54, 1.807) is 25.1 Å². The van der Waals surface area contributed by atoms with Gasteiger partial charge in [-0.15, -0.1) is 0 Å². The molecular weight excluding hydrogens is 275 g/mol. The van der Waals surface area contributed by atoms with Crippen LogP contribution in [-0.2, 0) is 0 Å². The second kappa shape index (κ2) is 5.37. The highest BCUT2D eigenvalue weighted by Crippen LogP contribution is 2.24. The first-order valence-corrected chi connectivity index (χ1v) is 5.95. The summed E-state index contributed by atoms with van der Waals surface area (Å²) in [7, 11) is 0. The van der Waals surface area contributed by atoms with Crippen molar-refractivity contribution in [3.63, 3.8) is 0 Å². The molecule has 0 radical (unpaired) electrons. The minimum Gasteiger partial charge on any atom is -0.342 e. The van der Waals surface area contributed by atoms with Crippen LogP contribution in [0.4, 0.5) is 0 Å². The minimum atomic E-state index is -0.352.